The van der Waals surface area contributed by atoms with Crippen LogP contribution in [0.4, 0.5) is 0 Å². The topological polar surface area (TPSA) is 62.8 Å². The van der Waals surface area contributed by atoms with Crippen molar-refractivity contribution in [1.82, 2.24) is 9.97 Å². The Balaban J connectivity index is 0.00000176. The van der Waals surface area contributed by atoms with E-state index in [0.717, 1.165) is 5.56 Å². The molecule has 0 atom stereocenters. The van der Waals surface area contributed by atoms with Crippen molar-refractivity contribution in [2.45, 2.75) is 14.9 Å². The second-order valence-electron chi connectivity index (χ2n) is 4.40. The van der Waals surface area contributed by atoms with Crippen LogP contribution in [0.3, 0.4) is 0 Å². The van der Waals surface area contributed by atoms with Crippen molar-refractivity contribution < 1.29 is 8.42 Å². The number of nitrogens with zero attached hydrogens (tertiary/aromatic N) is 1. The number of nitrogens with one attached hydrogen (secondary N) is 1. The first-order valence-corrected chi connectivity index (χ1v) is 8.11. The maximum Gasteiger partial charge on any atom is 0.221 e. The van der Waals surface area contributed by atoms with Crippen LogP contribution in [0.2, 0.25) is 0 Å². The van der Waals surface area contributed by atoms with Gasteiger partial charge in [-0.1, -0.05) is 48.5 Å². The molecule has 0 unspecified atom stereocenters. The SMILES string of the molecule is O=S(=O)(c1ccccc1)c1[nH]c(-c2ccccc2)nc1[S-].[K]. The van der Waals surface area contributed by atoms with Gasteiger partial charge in [0.1, 0.15) is 10.9 Å². The average Bonchev–Trinajstić information content (AvgIpc) is 2.92. The molecule has 0 aliphatic carbocycles. The molecular weight excluding hydrogens is 343 g/mol. The Morgan fingerprint density at radius 2 is 1.45 bits per heavy atom. The van der Waals surface area contributed by atoms with E-state index >= 15 is 0 Å². The summed E-state index contributed by atoms with van der Waals surface area (Å²) in [6, 6.07) is 17.4. The number of rotatable bonds is 3. The molecule has 7 heteroatoms. The molecule has 0 fully saturated rings. The number of benzene rings is 2. The minimum Gasteiger partial charge on any atom is -0.757 e. The molecule has 0 saturated heterocycles. The summed E-state index contributed by atoms with van der Waals surface area (Å²) in [4.78, 5) is 7.18. The van der Waals surface area contributed by atoms with Crippen molar-refractivity contribution in [2.75, 3.05) is 0 Å². The van der Waals surface area contributed by atoms with Crippen LogP contribution in [-0.4, -0.2) is 69.8 Å². The molecule has 1 N–H and O–H groups in total. The van der Waals surface area contributed by atoms with E-state index < -0.39 is 9.84 Å². The Labute approximate surface area is 177 Å². The van der Waals surface area contributed by atoms with Gasteiger partial charge < -0.3 is 17.6 Å². The summed E-state index contributed by atoms with van der Waals surface area (Å²) in [5.41, 5.74) is 0.790. The second kappa shape index (κ2) is 7.35. The van der Waals surface area contributed by atoms with E-state index in [1.165, 1.54) is 12.1 Å². The molecule has 3 rings (SSSR count). The summed E-state index contributed by atoms with van der Waals surface area (Å²) in [5, 5.41) is 0.0141. The fourth-order valence-corrected chi connectivity index (χ4v) is 3.70. The van der Waals surface area contributed by atoms with Crippen LogP contribution in [0.1, 0.15) is 0 Å². The Kier molecular flexibility index (Phi) is 5.95. The molecule has 1 aromatic heterocycles. The third-order valence-corrected chi connectivity index (χ3v) is 5.16. The first-order chi connectivity index (χ1) is 10.1. The predicted molar refractivity (Wildman–Crippen MR) is 87.3 cm³/mol. The maximum absolute atomic E-state index is 12.6. The van der Waals surface area contributed by atoms with Gasteiger partial charge in [-0.05, 0) is 17.2 Å². The number of H-pyrrole nitrogens is 1. The van der Waals surface area contributed by atoms with Gasteiger partial charge in [0, 0.05) is 56.9 Å². The zero-order chi connectivity index (χ0) is 14.9. The van der Waals surface area contributed by atoms with E-state index in [9.17, 15) is 8.42 Å². The molecule has 0 aliphatic rings. The molecular formula is C15H11KN2O2S2-. The Hall–Kier alpha value is -0.544. The summed E-state index contributed by atoms with van der Waals surface area (Å²) in [6.07, 6.45) is 0. The molecule has 0 bridgehead atoms. The van der Waals surface area contributed by atoms with Crippen molar-refractivity contribution >= 4 is 73.9 Å². The van der Waals surface area contributed by atoms with Crippen LogP contribution in [0.25, 0.3) is 11.4 Å². The van der Waals surface area contributed by atoms with Crippen molar-refractivity contribution in [3.63, 3.8) is 0 Å². The van der Waals surface area contributed by atoms with Gasteiger partial charge in [-0.25, -0.2) is 8.42 Å². The molecule has 0 saturated carbocycles. The first-order valence-electron chi connectivity index (χ1n) is 6.21. The minimum absolute atomic E-state index is 0. The van der Waals surface area contributed by atoms with E-state index in [0.29, 0.717) is 5.82 Å². The third kappa shape index (κ3) is 3.51. The number of aromatic nitrogens is 2. The van der Waals surface area contributed by atoms with Crippen LogP contribution in [0, 0.1) is 0 Å². The maximum atomic E-state index is 12.6. The van der Waals surface area contributed by atoms with E-state index in [2.05, 4.69) is 9.97 Å². The Morgan fingerprint density at radius 3 is 2.05 bits per heavy atom. The summed E-state index contributed by atoms with van der Waals surface area (Å²) in [7, 11) is -3.68. The van der Waals surface area contributed by atoms with Crippen LogP contribution in [0.5, 0.6) is 0 Å². The van der Waals surface area contributed by atoms with Gasteiger partial charge in [0.25, 0.3) is 0 Å². The molecule has 22 heavy (non-hydrogen) atoms. The van der Waals surface area contributed by atoms with Gasteiger partial charge >= 0.3 is 0 Å². The van der Waals surface area contributed by atoms with Gasteiger partial charge in [0.05, 0.1) is 4.90 Å². The van der Waals surface area contributed by atoms with Gasteiger partial charge in [-0.3, -0.25) is 4.98 Å². The van der Waals surface area contributed by atoms with Gasteiger partial charge in [-0.2, -0.15) is 0 Å². The summed E-state index contributed by atoms with van der Waals surface area (Å²) < 4.78 is 25.1. The van der Waals surface area contributed by atoms with Crippen LogP contribution >= 0.6 is 0 Å². The average molecular weight is 354 g/mol. The monoisotopic (exact) mass is 354 g/mol. The quantitative estimate of drug-likeness (QED) is 0.580. The molecule has 4 nitrogen and oxygen atoms in total. The van der Waals surface area contributed by atoms with Crippen molar-refractivity contribution in [2.24, 2.45) is 0 Å². The molecule has 3 aromatic rings. The van der Waals surface area contributed by atoms with Gasteiger partial charge in [0.2, 0.25) is 9.84 Å². The summed E-state index contributed by atoms with van der Waals surface area (Å²) in [6.45, 7) is 0. The fourth-order valence-electron chi connectivity index (χ4n) is 1.97. The van der Waals surface area contributed by atoms with Crippen molar-refractivity contribution in [3.8, 4) is 11.4 Å². The van der Waals surface area contributed by atoms with Crippen LogP contribution in [0.15, 0.2) is 75.6 Å². The van der Waals surface area contributed by atoms with Crippen LogP contribution in [-0.2, 0) is 22.5 Å². The third-order valence-electron chi connectivity index (χ3n) is 3.01. The zero-order valence-electron chi connectivity index (χ0n) is 11.9. The molecule has 1 radical (unpaired) electrons. The molecule has 0 amide bonds. The number of hydrogen-bond donors (Lipinski definition) is 1. The smallest absolute Gasteiger partial charge is 0.221 e. The minimum atomic E-state index is -3.68. The molecule has 1 heterocycles. The molecule has 2 aromatic carbocycles. The standard InChI is InChI=1S/C15H12N2O2S2.K/c18-21(19,12-9-5-2-6-10-12)15-14(20)16-13(17-15)11-7-3-1-4-8-11;/h1-10,20H,(H,16,17);/p-1. The Bertz CT molecular complexity index is 863. The largest absolute Gasteiger partial charge is 0.757 e. The van der Waals surface area contributed by atoms with E-state index in [1.54, 1.807) is 18.2 Å². The van der Waals surface area contributed by atoms with Crippen LogP contribution < -0.4 is 0 Å². The normalized spacial score (nSPS) is 10.9. The zero-order valence-corrected chi connectivity index (χ0v) is 16.6. The number of sulfone groups is 1. The van der Waals surface area contributed by atoms with Gasteiger partial charge in [0.15, 0.2) is 0 Å². The van der Waals surface area contributed by atoms with Crippen molar-refractivity contribution in [1.29, 1.82) is 0 Å². The van der Waals surface area contributed by atoms with Gasteiger partial charge in [-0.15, -0.1) is 0 Å². The number of hydrogen-bond acceptors (Lipinski definition) is 4. The van der Waals surface area contributed by atoms with Crippen molar-refractivity contribution in [3.05, 3.63) is 60.7 Å². The molecule has 0 aliphatic heterocycles. The molecule has 0 spiro atoms. The number of imidazole rings is 1. The second-order valence-corrected chi connectivity index (χ2v) is 6.68. The first kappa shape index (κ1) is 17.8. The van der Waals surface area contributed by atoms with E-state index in [1.807, 2.05) is 30.3 Å². The van der Waals surface area contributed by atoms with E-state index in [-0.39, 0.29) is 66.3 Å². The summed E-state index contributed by atoms with van der Waals surface area (Å²) >= 11 is 5.10. The summed E-state index contributed by atoms with van der Waals surface area (Å²) in [5.74, 6) is 0.454. The fraction of sp³-hybridized carbons (Fsp3) is 0. The predicted octanol–water partition coefficient (Wildman–Crippen LogP) is 2.43. The number of aromatic amines is 1. The molecule has 107 valence electrons. The Morgan fingerprint density at radius 1 is 0.909 bits per heavy atom. The van der Waals surface area contributed by atoms with E-state index in [4.69, 9.17) is 12.6 Å².